The van der Waals surface area contributed by atoms with Crippen LogP contribution in [0.1, 0.15) is 53.4 Å². The molecule has 0 fully saturated rings. The monoisotopic (exact) mass is 470 g/mol. The molecular formula is C28H42N2O2S. The Labute approximate surface area is 204 Å². The quantitative estimate of drug-likeness (QED) is 0.224. The van der Waals surface area contributed by atoms with Crippen molar-refractivity contribution in [3.63, 3.8) is 0 Å². The summed E-state index contributed by atoms with van der Waals surface area (Å²) < 4.78 is 14.8. The normalized spacial score (nSPS) is 11.8. The Morgan fingerprint density at radius 2 is 1.09 bits per heavy atom. The summed E-state index contributed by atoms with van der Waals surface area (Å²) in [5.41, 5.74) is 0. The van der Waals surface area contributed by atoms with E-state index >= 15 is 0 Å². The minimum atomic E-state index is 0.735. The van der Waals surface area contributed by atoms with Crippen molar-refractivity contribution in [2.45, 2.75) is 53.4 Å². The molecule has 0 aliphatic rings. The van der Waals surface area contributed by atoms with Crippen molar-refractivity contribution >= 4 is 31.5 Å². The minimum absolute atomic E-state index is 0.735. The SMILES string of the molecule is CCCN(CCC)CCOc1ccc2c(c1)sc1ccc(OCCN(CCC)CCC)cc12. The maximum Gasteiger partial charge on any atom is 0.120 e. The molecule has 2 aromatic carbocycles. The van der Waals surface area contributed by atoms with E-state index in [4.69, 9.17) is 9.47 Å². The first-order valence-corrected chi connectivity index (χ1v) is 13.7. The zero-order valence-corrected chi connectivity index (χ0v) is 21.9. The second-order valence-electron chi connectivity index (χ2n) is 8.80. The third-order valence-electron chi connectivity index (χ3n) is 5.93. The molecule has 3 rings (SSSR count). The van der Waals surface area contributed by atoms with Gasteiger partial charge in [0.2, 0.25) is 0 Å². The highest BCUT2D eigenvalue weighted by atomic mass is 32.1. The van der Waals surface area contributed by atoms with E-state index < -0.39 is 0 Å². The predicted octanol–water partition coefficient (Wildman–Crippen LogP) is 7.06. The molecule has 4 nitrogen and oxygen atoms in total. The van der Waals surface area contributed by atoms with Crippen molar-refractivity contribution in [2.24, 2.45) is 0 Å². The van der Waals surface area contributed by atoms with E-state index in [0.29, 0.717) is 0 Å². The summed E-state index contributed by atoms with van der Waals surface area (Å²) in [4.78, 5) is 4.98. The molecule has 0 N–H and O–H groups in total. The minimum Gasteiger partial charge on any atom is -0.492 e. The Bertz CT molecular complexity index is 959. The molecule has 1 aromatic heterocycles. The summed E-state index contributed by atoms with van der Waals surface area (Å²) in [5, 5.41) is 2.56. The number of thiophene rings is 1. The van der Waals surface area contributed by atoms with Crippen molar-refractivity contribution in [1.29, 1.82) is 0 Å². The first-order chi connectivity index (χ1) is 16.2. The highest BCUT2D eigenvalue weighted by Crippen LogP contribution is 2.37. The lowest BCUT2D eigenvalue weighted by molar-refractivity contribution is 0.209. The Kier molecular flexibility index (Phi) is 10.8. The first-order valence-electron chi connectivity index (χ1n) is 12.8. The molecule has 0 radical (unpaired) electrons. The van der Waals surface area contributed by atoms with Crippen LogP contribution in [0.4, 0.5) is 0 Å². The lowest BCUT2D eigenvalue weighted by Gasteiger charge is -2.20. The largest absolute Gasteiger partial charge is 0.492 e. The molecule has 5 heteroatoms. The molecule has 0 amide bonds. The van der Waals surface area contributed by atoms with Crippen LogP contribution in [0.15, 0.2) is 36.4 Å². The Hall–Kier alpha value is -1.82. The molecule has 0 aliphatic heterocycles. The second kappa shape index (κ2) is 13.8. The van der Waals surface area contributed by atoms with Crippen molar-refractivity contribution in [1.82, 2.24) is 9.80 Å². The van der Waals surface area contributed by atoms with Crippen LogP contribution in [-0.4, -0.2) is 62.3 Å². The van der Waals surface area contributed by atoms with Crippen LogP contribution in [0, 0.1) is 0 Å². The fourth-order valence-corrected chi connectivity index (χ4v) is 5.55. The summed E-state index contributed by atoms with van der Waals surface area (Å²) in [6.07, 6.45) is 4.76. The maximum absolute atomic E-state index is 6.13. The highest BCUT2D eigenvalue weighted by Gasteiger charge is 2.09. The molecule has 0 saturated heterocycles. The fraction of sp³-hybridized carbons (Fsp3) is 0.571. The molecule has 182 valence electrons. The topological polar surface area (TPSA) is 24.9 Å². The van der Waals surface area contributed by atoms with Gasteiger partial charge in [-0.1, -0.05) is 27.7 Å². The number of hydrogen-bond donors (Lipinski definition) is 0. The second-order valence-corrected chi connectivity index (χ2v) is 9.88. The van der Waals surface area contributed by atoms with Gasteiger partial charge in [-0.3, -0.25) is 9.80 Å². The number of nitrogens with zero attached hydrogens (tertiary/aromatic N) is 2. The van der Waals surface area contributed by atoms with Gasteiger partial charge in [0.05, 0.1) is 0 Å². The van der Waals surface area contributed by atoms with Gasteiger partial charge in [-0.25, -0.2) is 0 Å². The molecule has 0 atom stereocenters. The van der Waals surface area contributed by atoms with Crippen molar-refractivity contribution in [3.8, 4) is 11.5 Å². The first kappa shape index (κ1) is 25.8. The molecule has 0 unspecified atom stereocenters. The van der Waals surface area contributed by atoms with E-state index in [1.165, 1.54) is 45.9 Å². The van der Waals surface area contributed by atoms with Crippen molar-refractivity contribution in [2.75, 3.05) is 52.5 Å². The van der Waals surface area contributed by atoms with Crippen LogP contribution in [-0.2, 0) is 0 Å². The van der Waals surface area contributed by atoms with Crippen molar-refractivity contribution < 1.29 is 9.47 Å². The van der Waals surface area contributed by atoms with Gasteiger partial charge in [-0.15, -0.1) is 11.3 Å². The molecule has 3 aromatic rings. The van der Waals surface area contributed by atoms with Gasteiger partial charge in [0.1, 0.15) is 24.7 Å². The number of benzene rings is 2. The van der Waals surface area contributed by atoms with Gasteiger partial charge in [-0.2, -0.15) is 0 Å². The van der Waals surface area contributed by atoms with Crippen LogP contribution in [0.3, 0.4) is 0 Å². The molecule has 33 heavy (non-hydrogen) atoms. The molecule has 0 bridgehead atoms. The third kappa shape index (κ3) is 7.59. The zero-order valence-electron chi connectivity index (χ0n) is 21.1. The van der Waals surface area contributed by atoms with Crippen LogP contribution in [0.5, 0.6) is 11.5 Å². The lowest BCUT2D eigenvalue weighted by atomic mass is 10.1. The van der Waals surface area contributed by atoms with Crippen LogP contribution < -0.4 is 9.47 Å². The number of rotatable bonds is 16. The van der Waals surface area contributed by atoms with Gasteiger partial charge in [0.15, 0.2) is 0 Å². The number of hydrogen-bond acceptors (Lipinski definition) is 5. The van der Waals surface area contributed by atoms with E-state index in [2.05, 4.69) is 73.9 Å². The average Bonchev–Trinajstić information content (AvgIpc) is 3.17. The maximum atomic E-state index is 6.13. The fourth-order valence-electron chi connectivity index (χ4n) is 4.44. The van der Waals surface area contributed by atoms with Crippen LogP contribution in [0.25, 0.3) is 20.2 Å². The van der Waals surface area contributed by atoms with Crippen LogP contribution >= 0.6 is 11.3 Å². The summed E-state index contributed by atoms with van der Waals surface area (Å²) >= 11 is 1.83. The molecular weight excluding hydrogens is 428 g/mol. The van der Waals surface area contributed by atoms with E-state index in [0.717, 1.165) is 64.0 Å². The third-order valence-corrected chi connectivity index (χ3v) is 7.06. The number of fused-ring (bicyclic) bond motifs is 3. The van der Waals surface area contributed by atoms with E-state index in [-0.39, 0.29) is 0 Å². The molecule has 0 saturated carbocycles. The highest BCUT2D eigenvalue weighted by molar-refractivity contribution is 7.25. The van der Waals surface area contributed by atoms with Gasteiger partial charge in [0, 0.05) is 33.3 Å². The molecule has 0 spiro atoms. The van der Waals surface area contributed by atoms with E-state index in [9.17, 15) is 0 Å². The van der Waals surface area contributed by atoms with Gasteiger partial charge < -0.3 is 9.47 Å². The molecule has 0 aliphatic carbocycles. The lowest BCUT2D eigenvalue weighted by Crippen LogP contribution is -2.30. The Morgan fingerprint density at radius 3 is 1.64 bits per heavy atom. The zero-order chi connectivity index (χ0) is 23.5. The van der Waals surface area contributed by atoms with E-state index in [1.807, 2.05) is 11.3 Å². The van der Waals surface area contributed by atoms with E-state index in [1.54, 1.807) is 0 Å². The summed E-state index contributed by atoms with van der Waals surface area (Å²) in [6.45, 7) is 17.0. The smallest absolute Gasteiger partial charge is 0.120 e. The Morgan fingerprint density at radius 1 is 0.576 bits per heavy atom. The van der Waals surface area contributed by atoms with Gasteiger partial charge in [-0.05, 0) is 88.3 Å². The van der Waals surface area contributed by atoms with Gasteiger partial charge in [0.25, 0.3) is 0 Å². The van der Waals surface area contributed by atoms with Crippen LogP contribution in [0.2, 0.25) is 0 Å². The standard InChI is InChI=1S/C28H42N2O2S/c1-5-13-29(14-6-2)17-19-31-23-10-12-27-26(21-23)25-11-9-24(22-28(25)33-27)32-20-18-30(15-7-3)16-8-4/h9-12,21-22H,5-8,13-20H2,1-4H3. The summed E-state index contributed by atoms with van der Waals surface area (Å²) in [6, 6.07) is 13.0. The Balaban J connectivity index is 1.62. The summed E-state index contributed by atoms with van der Waals surface area (Å²) in [7, 11) is 0. The predicted molar refractivity (Wildman–Crippen MR) is 144 cm³/mol. The molecule has 1 heterocycles. The summed E-state index contributed by atoms with van der Waals surface area (Å²) in [5.74, 6) is 1.92. The number of ether oxygens (including phenoxy) is 2. The van der Waals surface area contributed by atoms with Crippen molar-refractivity contribution in [3.05, 3.63) is 36.4 Å². The average molecular weight is 471 g/mol. The van der Waals surface area contributed by atoms with Gasteiger partial charge >= 0.3 is 0 Å².